The van der Waals surface area contributed by atoms with E-state index in [1.54, 1.807) is 0 Å². The van der Waals surface area contributed by atoms with Crippen LogP contribution >= 0.6 is 12.2 Å². The minimum atomic E-state index is 0.784. The molecule has 0 aliphatic carbocycles. The fourth-order valence-electron chi connectivity index (χ4n) is 2.04. The van der Waals surface area contributed by atoms with Gasteiger partial charge in [-0.3, -0.25) is 0 Å². The molecule has 3 aromatic rings. The minimum Gasteiger partial charge on any atom is -0.347 e. The van der Waals surface area contributed by atoms with Gasteiger partial charge in [-0.25, -0.2) is 0 Å². The maximum absolute atomic E-state index is 5.33. The second kappa shape index (κ2) is 3.86. The number of fused-ring (bicyclic) bond motifs is 1. The van der Waals surface area contributed by atoms with Gasteiger partial charge >= 0.3 is 0 Å². The number of H-pyrrole nitrogens is 1. The van der Waals surface area contributed by atoms with Gasteiger partial charge < -0.3 is 9.38 Å². The predicted molar refractivity (Wildman–Crippen MR) is 72.8 cm³/mol. The van der Waals surface area contributed by atoms with Crippen LogP contribution in [-0.4, -0.2) is 9.38 Å². The SMILES string of the molecule is Cc1cn2cc(-c3ccccc3)cc2c(=S)[nH]1. The van der Waals surface area contributed by atoms with Gasteiger partial charge in [-0.15, -0.1) is 0 Å². The van der Waals surface area contributed by atoms with E-state index in [1.807, 2.05) is 25.1 Å². The first-order valence-corrected chi connectivity index (χ1v) is 5.92. The van der Waals surface area contributed by atoms with Crippen molar-refractivity contribution < 1.29 is 0 Å². The first-order valence-electron chi connectivity index (χ1n) is 5.51. The average molecular weight is 240 g/mol. The normalized spacial score (nSPS) is 10.9. The molecule has 0 unspecified atom stereocenters. The van der Waals surface area contributed by atoms with Gasteiger partial charge in [0.15, 0.2) is 0 Å². The Kier molecular flexibility index (Phi) is 2.34. The molecule has 0 aliphatic heterocycles. The molecule has 0 amide bonds. The molecule has 0 fully saturated rings. The number of aryl methyl sites for hydroxylation is 1. The zero-order valence-corrected chi connectivity index (χ0v) is 10.3. The molecular formula is C14H12N2S. The highest BCUT2D eigenvalue weighted by Gasteiger charge is 2.03. The molecule has 1 aromatic carbocycles. The van der Waals surface area contributed by atoms with Crippen LogP contribution in [0.5, 0.6) is 0 Å². The van der Waals surface area contributed by atoms with Gasteiger partial charge in [0.2, 0.25) is 0 Å². The van der Waals surface area contributed by atoms with Crippen LogP contribution in [0.3, 0.4) is 0 Å². The summed E-state index contributed by atoms with van der Waals surface area (Å²) in [6.45, 7) is 2.01. The zero-order chi connectivity index (χ0) is 11.8. The van der Waals surface area contributed by atoms with Gasteiger partial charge in [-0.05, 0) is 18.6 Å². The van der Waals surface area contributed by atoms with Crippen molar-refractivity contribution in [3.63, 3.8) is 0 Å². The van der Waals surface area contributed by atoms with Gasteiger partial charge in [-0.1, -0.05) is 42.5 Å². The number of rotatable bonds is 1. The standard InChI is InChI=1S/C14H12N2S/c1-10-8-16-9-12(7-13(16)14(17)15-10)11-5-3-2-4-6-11/h2-9H,1H3,(H,15,17). The first kappa shape index (κ1) is 10.3. The molecule has 0 saturated carbocycles. The molecule has 0 atom stereocenters. The number of nitrogens with one attached hydrogen (secondary N) is 1. The van der Waals surface area contributed by atoms with Crippen LogP contribution in [0.15, 0.2) is 48.8 Å². The van der Waals surface area contributed by atoms with Crippen molar-refractivity contribution in [1.29, 1.82) is 0 Å². The Morgan fingerprint density at radius 2 is 1.82 bits per heavy atom. The van der Waals surface area contributed by atoms with E-state index in [1.165, 1.54) is 11.1 Å². The monoisotopic (exact) mass is 240 g/mol. The van der Waals surface area contributed by atoms with E-state index in [0.29, 0.717) is 0 Å². The number of hydrogen-bond acceptors (Lipinski definition) is 1. The van der Waals surface area contributed by atoms with E-state index in [2.05, 4.69) is 40.0 Å². The van der Waals surface area contributed by atoms with Gasteiger partial charge in [0.05, 0.1) is 5.52 Å². The summed E-state index contributed by atoms with van der Waals surface area (Å²) in [5.74, 6) is 0. The molecule has 17 heavy (non-hydrogen) atoms. The Labute approximate surface area is 105 Å². The highest BCUT2D eigenvalue weighted by molar-refractivity contribution is 7.71. The third-order valence-electron chi connectivity index (χ3n) is 2.83. The zero-order valence-electron chi connectivity index (χ0n) is 9.47. The largest absolute Gasteiger partial charge is 0.347 e. The Hall–Kier alpha value is -1.87. The maximum atomic E-state index is 5.33. The van der Waals surface area contributed by atoms with Crippen molar-refractivity contribution in [3.8, 4) is 11.1 Å². The van der Waals surface area contributed by atoms with Crippen molar-refractivity contribution in [1.82, 2.24) is 9.38 Å². The third-order valence-corrected chi connectivity index (χ3v) is 3.14. The fourth-order valence-corrected chi connectivity index (χ4v) is 2.37. The van der Waals surface area contributed by atoms with Crippen molar-refractivity contribution in [2.75, 3.05) is 0 Å². The van der Waals surface area contributed by atoms with Crippen molar-refractivity contribution in [2.45, 2.75) is 6.92 Å². The summed E-state index contributed by atoms with van der Waals surface area (Å²) in [4.78, 5) is 3.17. The average Bonchev–Trinajstić information content (AvgIpc) is 2.74. The second-order valence-electron chi connectivity index (χ2n) is 4.15. The highest BCUT2D eigenvalue weighted by Crippen LogP contribution is 2.22. The quantitative estimate of drug-likeness (QED) is 0.638. The summed E-state index contributed by atoms with van der Waals surface area (Å²) < 4.78 is 2.86. The lowest BCUT2D eigenvalue weighted by Crippen LogP contribution is -1.88. The van der Waals surface area contributed by atoms with Crippen LogP contribution in [0.25, 0.3) is 16.6 Å². The van der Waals surface area contributed by atoms with E-state index in [4.69, 9.17) is 12.2 Å². The van der Waals surface area contributed by atoms with Crippen LogP contribution in [0.1, 0.15) is 5.69 Å². The molecule has 0 aliphatic rings. The van der Waals surface area contributed by atoms with Crippen LogP contribution in [0.4, 0.5) is 0 Å². The Balaban J connectivity index is 2.28. The van der Waals surface area contributed by atoms with Gasteiger partial charge in [-0.2, -0.15) is 0 Å². The van der Waals surface area contributed by atoms with E-state index in [9.17, 15) is 0 Å². The summed E-state index contributed by atoms with van der Waals surface area (Å²) in [7, 11) is 0. The molecule has 3 rings (SSSR count). The molecule has 0 bridgehead atoms. The Bertz CT molecular complexity index is 723. The third kappa shape index (κ3) is 1.78. The van der Waals surface area contributed by atoms with Gasteiger partial charge in [0.1, 0.15) is 4.64 Å². The number of nitrogens with zero attached hydrogens (tertiary/aromatic N) is 1. The van der Waals surface area contributed by atoms with Crippen LogP contribution in [0.2, 0.25) is 0 Å². The number of benzene rings is 1. The highest BCUT2D eigenvalue weighted by atomic mass is 32.1. The summed E-state index contributed by atoms with van der Waals surface area (Å²) in [5.41, 5.74) is 4.51. The molecule has 0 radical (unpaired) electrons. The molecule has 1 N–H and O–H groups in total. The lowest BCUT2D eigenvalue weighted by atomic mass is 10.1. The predicted octanol–water partition coefficient (Wildman–Crippen LogP) is 3.97. The molecule has 2 nitrogen and oxygen atoms in total. The van der Waals surface area contributed by atoms with Crippen LogP contribution in [0, 0.1) is 11.6 Å². The minimum absolute atomic E-state index is 0.784. The van der Waals surface area contributed by atoms with E-state index >= 15 is 0 Å². The van der Waals surface area contributed by atoms with Gasteiger partial charge in [0, 0.05) is 23.7 Å². The fraction of sp³-hybridized carbons (Fsp3) is 0.0714. The number of hydrogen-bond donors (Lipinski definition) is 1. The summed E-state index contributed by atoms with van der Waals surface area (Å²) >= 11 is 5.33. The van der Waals surface area contributed by atoms with Crippen molar-refractivity contribution in [3.05, 3.63) is 59.1 Å². The Morgan fingerprint density at radius 1 is 1.06 bits per heavy atom. The van der Waals surface area contributed by atoms with E-state index in [-0.39, 0.29) is 0 Å². The molecule has 0 saturated heterocycles. The molecule has 2 heterocycles. The molecule has 2 aromatic heterocycles. The number of aromatic amines is 1. The van der Waals surface area contributed by atoms with Crippen molar-refractivity contribution in [2.24, 2.45) is 0 Å². The van der Waals surface area contributed by atoms with Gasteiger partial charge in [0.25, 0.3) is 0 Å². The summed E-state index contributed by atoms with van der Waals surface area (Å²) in [5, 5.41) is 0. The topological polar surface area (TPSA) is 20.2 Å². The molecular weight excluding hydrogens is 228 g/mol. The van der Waals surface area contributed by atoms with E-state index in [0.717, 1.165) is 15.9 Å². The molecule has 0 spiro atoms. The molecule has 84 valence electrons. The lowest BCUT2D eigenvalue weighted by molar-refractivity contribution is 1.07. The summed E-state index contributed by atoms with van der Waals surface area (Å²) in [6, 6.07) is 12.4. The van der Waals surface area contributed by atoms with Crippen molar-refractivity contribution >= 4 is 17.7 Å². The van der Waals surface area contributed by atoms with E-state index < -0.39 is 0 Å². The Morgan fingerprint density at radius 3 is 2.59 bits per heavy atom. The van der Waals surface area contributed by atoms with Crippen LogP contribution < -0.4 is 0 Å². The first-order chi connectivity index (χ1) is 8.24. The molecule has 3 heteroatoms. The summed E-state index contributed by atoms with van der Waals surface area (Å²) in [6.07, 6.45) is 4.17. The lowest BCUT2D eigenvalue weighted by Gasteiger charge is -1.97. The number of aromatic nitrogens is 2. The second-order valence-corrected chi connectivity index (χ2v) is 4.56. The van der Waals surface area contributed by atoms with Crippen LogP contribution in [-0.2, 0) is 0 Å². The maximum Gasteiger partial charge on any atom is 0.127 e. The smallest absolute Gasteiger partial charge is 0.127 e.